The Morgan fingerprint density at radius 3 is 2.25 bits per heavy atom. The van der Waals surface area contributed by atoms with Gasteiger partial charge >= 0.3 is 0 Å². The Labute approximate surface area is 35.8 Å². The van der Waals surface area contributed by atoms with Gasteiger partial charge in [-0.05, 0) is 16.3 Å². The summed E-state index contributed by atoms with van der Waals surface area (Å²) in [5.74, 6) is 0. The molecule has 4 heavy (non-hydrogen) atoms. The molecule has 0 aliphatic rings. The highest BCUT2D eigenvalue weighted by Crippen LogP contribution is 1.99. The van der Waals surface area contributed by atoms with Gasteiger partial charge in [0.15, 0.2) is 0 Å². The highest BCUT2D eigenvalue weighted by atomic mass is 35.7. The van der Waals surface area contributed by atoms with E-state index in [1.165, 1.54) is 0 Å². The summed E-state index contributed by atoms with van der Waals surface area (Å²) in [6.07, 6.45) is 0. The lowest BCUT2D eigenvalue weighted by Crippen LogP contribution is -1.59. The van der Waals surface area contributed by atoms with E-state index in [2.05, 4.69) is 0 Å². The molecular weight excluding hydrogens is 90.3 g/mol. The zero-order chi connectivity index (χ0) is 3.41. The van der Waals surface area contributed by atoms with Gasteiger partial charge in [-0.25, -0.2) is 0 Å². The van der Waals surface area contributed by atoms with Gasteiger partial charge in [-0.2, -0.15) is 0 Å². The Morgan fingerprint density at radius 1 is 2.00 bits per heavy atom. The highest BCUT2D eigenvalue weighted by Gasteiger charge is 1.59. The zero-order valence-corrected chi connectivity index (χ0v) is 3.64. The standard InChI is InChI=1S/CH2BClS/c2-1-4-3/h1H2. The molecule has 0 rings (SSSR count). The molecule has 0 aromatic rings. The van der Waals surface area contributed by atoms with E-state index in [-0.39, 0.29) is 0 Å². The van der Waals surface area contributed by atoms with Gasteiger partial charge in [0.2, 0.25) is 0 Å². The second kappa shape index (κ2) is 3.70. The molecular formula is CH2BClS. The van der Waals surface area contributed by atoms with Gasteiger partial charge < -0.3 is 0 Å². The van der Waals surface area contributed by atoms with E-state index in [4.69, 9.17) is 18.5 Å². The molecule has 0 amide bonds. The van der Waals surface area contributed by atoms with Crippen molar-refractivity contribution in [2.45, 2.75) is 0 Å². The molecule has 2 radical (unpaired) electrons. The lowest BCUT2D eigenvalue weighted by Gasteiger charge is -1.65. The van der Waals surface area contributed by atoms with Crippen LogP contribution in [0.25, 0.3) is 0 Å². The lowest BCUT2D eigenvalue weighted by atomic mass is 10.2. The van der Waals surface area contributed by atoms with Crippen molar-refractivity contribution in [1.82, 2.24) is 0 Å². The molecule has 0 N–H and O–H groups in total. The summed E-state index contributed by atoms with van der Waals surface area (Å²) in [6, 6.07) is 0. The first-order chi connectivity index (χ1) is 1.91. The number of rotatable bonds is 1. The Kier molecular flexibility index (Phi) is 4.36. The molecule has 0 aromatic heterocycles. The largest absolute Gasteiger partial charge is 0.0815 e. The maximum absolute atomic E-state index is 4.98. The van der Waals surface area contributed by atoms with Crippen LogP contribution in [0.1, 0.15) is 0 Å². The molecule has 0 spiro atoms. The fourth-order valence-corrected chi connectivity index (χ4v) is 0. The molecule has 0 bridgehead atoms. The second-order valence-corrected chi connectivity index (χ2v) is 1.48. The van der Waals surface area contributed by atoms with Crippen LogP contribution in [0.15, 0.2) is 0 Å². The molecule has 0 saturated carbocycles. The van der Waals surface area contributed by atoms with Crippen molar-refractivity contribution in [1.29, 1.82) is 0 Å². The maximum Gasteiger partial charge on any atom is 0.0815 e. The van der Waals surface area contributed by atoms with Crippen molar-refractivity contribution in [2.24, 2.45) is 0 Å². The van der Waals surface area contributed by atoms with Crippen molar-refractivity contribution in [3.05, 3.63) is 0 Å². The van der Waals surface area contributed by atoms with Crippen LogP contribution in [0.2, 0.25) is 0 Å². The van der Waals surface area contributed by atoms with Gasteiger partial charge in [-0.15, -0.1) is 0 Å². The number of hydrogen-bond acceptors (Lipinski definition) is 1. The van der Waals surface area contributed by atoms with Crippen LogP contribution in [0, 0.1) is 0 Å². The van der Waals surface area contributed by atoms with E-state index < -0.39 is 0 Å². The Morgan fingerprint density at radius 2 is 2.25 bits per heavy atom. The molecule has 0 aliphatic carbocycles. The van der Waals surface area contributed by atoms with Crippen LogP contribution in [0.5, 0.6) is 0 Å². The van der Waals surface area contributed by atoms with Gasteiger partial charge in [0.25, 0.3) is 0 Å². The maximum atomic E-state index is 4.98. The van der Waals surface area contributed by atoms with Crippen LogP contribution in [0.3, 0.4) is 0 Å². The Hall–Kier alpha value is 0.705. The van der Waals surface area contributed by atoms with Gasteiger partial charge in [0.05, 0.1) is 7.85 Å². The molecule has 0 nitrogen and oxygen atoms in total. The van der Waals surface area contributed by atoms with Crippen LogP contribution in [-0.4, -0.2) is 13.5 Å². The van der Waals surface area contributed by atoms with Crippen LogP contribution in [-0.2, 0) is 0 Å². The fraction of sp³-hybridized carbons (Fsp3) is 1.00. The monoisotopic (exact) mass is 92.0 g/mol. The molecule has 0 atom stereocenters. The predicted octanol–water partition coefficient (Wildman–Crippen LogP) is 0.999. The van der Waals surface area contributed by atoms with Gasteiger partial charge in [0.1, 0.15) is 0 Å². The second-order valence-electron chi connectivity index (χ2n) is 0.276. The van der Waals surface area contributed by atoms with E-state index in [0.29, 0.717) is 5.65 Å². The molecule has 0 aromatic carbocycles. The van der Waals surface area contributed by atoms with Crippen molar-refractivity contribution in [2.75, 3.05) is 5.65 Å². The van der Waals surface area contributed by atoms with Crippen LogP contribution < -0.4 is 0 Å². The van der Waals surface area contributed by atoms with Crippen molar-refractivity contribution < 1.29 is 0 Å². The summed E-state index contributed by atoms with van der Waals surface area (Å²) in [6.45, 7) is 0. The van der Waals surface area contributed by atoms with Crippen molar-refractivity contribution >= 4 is 29.5 Å². The normalized spacial score (nSPS) is 7.25. The fourth-order valence-electron chi connectivity index (χ4n) is 0. The topological polar surface area (TPSA) is 0 Å². The zero-order valence-electron chi connectivity index (χ0n) is 2.07. The van der Waals surface area contributed by atoms with Gasteiger partial charge in [-0.1, -0.05) is 11.0 Å². The first kappa shape index (κ1) is 4.70. The summed E-state index contributed by atoms with van der Waals surface area (Å²) in [5.41, 5.74) is 0.502. The smallest absolute Gasteiger partial charge is 0.0655 e. The summed E-state index contributed by atoms with van der Waals surface area (Å²) in [7, 11) is 10.9. The summed E-state index contributed by atoms with van der Waals surface area (Å²) in [5, 5.41) is 0. The van der Waals surface area contributed by atoms with E-state index in [9.17, 15) is 0 Å². The van der Waals surface area contributed by atoms with Crippen molar-refractivity contribution in [3.63, 3.8) is 0 Å². The lowest BCUT2D eigenvalue weighted by molar-refractivity contribution is 2.27. The summed E-state index contributed by atoms with van der Waals surface area (Å²) < 4.78 is 0. The minimum Gasteiger partial charge on any atom is -0.0655 e. The van der Waals surface area contributed by atoms with Crippen molar-refractivity contribution in [3.8, 4) is 0 Å². The third kappa shape index (κ3) is 2.70. The predicted molar refractivity (Wildman–Crippen MR) is 24.1 cm³/mol. The van der Waals surface area contributed by atoms with Gasteiger partial charge in [-0.3, -0.25) is 0 Å². The average Bonchev–Trinajstić information content (AvgIpc) is 1.37. The van der Waals surface area contributed by atoms with E-state index >= 15 is 0 Å². The molecule has 22 valence electrons. The summed E-state index contributed by atoms with van der Waals surface area (Å²) in [4.78, 5) is 0. The van der Waals surface area contributed by atoms with Crippen LogP contribution in [0.4, 0.5) is 0 Å². The number of halogens is 1. The SMILES string of the molecule is [B]CSCl. The number of hydrogen-bond donors (Lipinski definition) is 0. The first-order valence-electron chi connectivity index (χ1n) is 0.851. The quantitative estimate of drug-likeness (QED) is 0.435. The molecule has 3 heteroatoms. The highest BCUT2D eigenvalue weighted by molar-refractivity contribution is 8.21. The average molecular weight is 92.4 g/mol. The third-order valence-electron chi connectivity index (χ3n) is 0.0630. The Bertz CT molecular complexity index is 10.0. The first-order valence-corrected chi connectivity index (χ1v) is 2.66. The minimum absolute atomic E-state index is 0.502. The van der Waals surface area contributed by atoms with Gasteiger partial charge in [0, 0.05) is 0 Å². The molecule has 0 heterocycles. The van der Waals surface area contributed by atoms with E-state index in [1.54, 1.807) is 0 Å². The third-order valence-corrected chi connectivity index (χ3v) is 0.567. The molecule has 0 saturated heterocycles. The van der Waals surface area contributed by atoms with Crippen LogP contribution >= 0.6 is 21.7 Å². The molecule has 0 unspecified atom stereocenters. The Balaban J connectivity index is 1.97. The van der Waals surface area contributed by atoms with E-state index in [0.717, 1.165) is 11.0 Å². The summed E-state index contributed by atoms with van der Waals surface area (Å²) >= 11 is 0. The van der Waals surface area contributed by atoms with E-state index in [1.807, 2.05) is 0 Å². The molecule has 0 fully saturated rings. The molecule has 0 aliphatic heterocycles. The minimum atomic E-state index is 0.502.